The fourth-order valence-corrected chi connectivity index (χ4v) is 2.15. The summed E-state index contributed by atoms with van der Waals surface area (Å²) in [4.78, 5) is 1.96. The van der Waals surface area contributed by atoms with Crippen LogP contribution in [0.5, 0.6) is 0 Å². The first-order valence-electron chi connectivity index (χ1n) is 4.61. The molecule has 0 unspecified atom stereocenters. The van der Waals surface area contributed by atoms with Crippen LogP contribution in [-0.4, -0.2) is 41.9 Å². The van der Waals surface area contributed by atoms with E-state index in [9.17, 15) is 9.50 Å². The Balaban J connectivity index is 2.65. The summed E-state index contributed by atoms with van der Waals surface area (Å²) in [7, 11) is 1.89. The standard InChI is InChI=1S/C9H18FNO/c1-3-4-9(7-12)5-8(10)6-11(9)2/h8,12H,3-7H2,1-2H3/t8-,9+/m1/s1. The van der Waals surface area contributed by atoms with E-state index in [0.717, 1.165) is 12.8 Å². The number of alkyl halides is 1. The molecule has 1 heterocycles. The number of likely N-dealkylation sites (tertiary alicyclic amines) is 1. The fourth-order valence-electron chi connectivity index (χ4n) is 2.15. The number of likely N-dealkylation sites (N-methyl/N-ethyl adjacent to an activating group) is 1. The van der Waals surface area contributed by atoms with Crippen molar-refractivity contribution in [1.82, 2.24) is 4.90 Å². The second-order valence-electron chi connectivity index (χ2n) is 3.81. The van der Waals surface area contributed by atoms with Crippen molar-refractivity contribution in [2.24, 2.45) is 0 Å². The number of halogens is 1. The van der Waals surface area contributed by atoms with E-state index >= 15 is 0 Å². The summed E-state index contributed by atoms with van der Waals surface area (Å²) in [5, 5.41) is 9.23. The summed E-state index contributed by atoms with van der Waals surface area (Å²) in [6.07, 6.45) is 1.62. The highest BCUT2D eigenvalue weighted by Crippen LogP contribution is 2.33. The topological polar surface area (TPSA) is 23.5 Å². The zero-order chi connectivity index (χ0) is 9.19. The van der Waals surface area contributed by atoms with Crippen LogP contribution >= 0.6 is 0 Å². The lowest BCUT2D eigenvalue weighted by Crippen LogP contribution is -2.44. The summed E-state index contributed by atoms with van der Waals surface area (Å²) in [6, 6.07) is 0. The van der Waals surface area contributed by atoms with Gasteiger partial charge in [0.25, 0.3) is 0 Å². The SMILES string of the molecule is CCC[C@@]1(CO)C[C@@H](F)CN1C. The smallest absolute Gasteiger partial charge is 0.115 e. The van der Waals surface area contributed by atoms with Crippen molar-refractivity contribution in [3.8, 4) is 0 Å². The molecule has 0 aliphatic carbocycles. The number of aliphatic hydroxyl groups is 1. The highest BCUT2D eigenvalue weighted by Gasteiger charge is 2.42. The van der Waals surface area contributed by atoms with Crippen molar-refractivity contribution in [3.63, 3.8) is 0 Å². The lowest BCUT2D eigenvalue weighted by Gasteiger charge is -2.33. The Morgan fingerprint density at radius 2 is 2.33 bits per heavy atom. The minimum atomic E-state index is -0.756. The molecule has 0 aromatic rings. The number of aliphatic hydroxyl groups excluding tert-OH is 1. The highest BCUT2D eigenvalue weighted by atomic mass is 19.1. The van der Waals surface area contributed by atoms with Gasteiger partial charge in [-0.15, -0.1) is 0 Å². The van der Waals surface area contributed by atoms with Gasteiger partial charge in [0.15, 0.2) is 0 Å². The van der Waals surface area contributed by atoms with E-state index in [1.165, 1.54) is 0 Å². The van der Waals surface area contributed by atoms with Crippen molar-refractivity contribution in [2.75, 3.05) is 20.2 Å². The molecule has 0 spiro atoms. The number of nitrogens with zero attached hydrogens (tertiary/aromatic N) is 1. The zero-order valence-electron chi connectivity index (χ0n) is 7.89. The predicted molar refractivity (Wildman–Crippen MR) is 46.9 cm³/mol. The van der Waals surface area contributed by atoms with Gasteiger partial charge in [0.05, 0.1) is 6.61 Å². The Hall–Kier alpha value is -0.150. The molecule has 3 heteroatoms. The van der Waals surface area contributed by atoms with E-state index in [1.54, 1.807) is 0 Å². The summed E-state index contributed by atoms with van der Waals surface area (Å²) < 4.78 is 13.0. The molecule has 0 aromatic heterocycles. The average molecular weight is 175 g/mol. The average Bonchev–Trinajstić information content (AvgIpc) is 2.28. The van der Waals surface area contributed by atoms with Crippen molar-refractivity contribution in [2.45, 2.75) is 37.9 Å². The second-order valence-corrected chi connectivity index (χ2v) is 3.81. The van der Waals surface area contributed by atoms with Crippen LogP contribution < -0.4 is 0 Å². The van der Waals surface area contributed by atoms with Crippen LogP contribution in [0.3, 0.4) is 0 Å². The van der Waals surface area contributed by atoms with Gasteiger partial charge in [0.2, 0.25) is 0 Å². The lowest BCUT2D eigenvalue weighted by atomic mass is 9.91. The molecule has 12 heavy (non-hydrogen) atoms. The van der Waals surface area contributed by atoms with Crippen LogP contribution in [0, 0.1) is 0 Å². The Kier molecular flexibility index (Phi) is 3.07. The molecule has 1 saturated heterocycles. The molecule has 0 aromatic carbocycles. The summed E-state index contributed by atoms with van der Waals surface area (Å²) in [6.45, 7) is 2.62. The maximum Gasteiger partial charge on any atom is 0.115 e. The molecule has 0 radical (unpaired) electrons. The van der Waals surface area contributed by atoms with Gasteiger partial charge >= 0.3 is 0 Å². The fraction of sp³-hybridized carbons (Fsp3) is 1.00. The number of rotatable bonds is 3. The molecule has 1 N–H and O–H groups in total. The Bertz CT molecular complexity index is 153. The van der Waals surface area contributed by atoms with Gasteiger partial charge in [-0.1, -0.05) is 13.3 Å². The van der Waals surface area contributed by atoms with Gasteiger partial charge in [-0.2, -0.15) is 0 Å². The maximum absolute atomic E-state index is 13.0. The van der Waals surface area contributed by atoms with Crippen LogP contribution in [0.2, 0.25) is 0 Å². The molecular formula is C9H18FNO. The quantitative estimate of drug-likeness (QED) is 0.696. The maximum atomic E-state index is 13.0. The normalized spacial score (nSPS) is 37.5. The van der Waals surface area contributed by atoms with Crippen molar-refractivity contribution >= 4 is 0 Å². The molecule has 0 amide bonds. The van der Waals surface area contributed by atoms with E-state index in [-0.39, 0.29) is 12.1 Å². The predicted octanol–water partition coefficient (Wildman–Crippen LogP) is 1.19. The first-order chi connectivity index (χ1) is 5.64. The molecule has 2 atom stereocenters. The number of hydrogen-bond donors (Lipinski definition) is 1. The molecule has 1 fully saturated rings. The third kappa shape index (κ3) is 1.62. The van der Waals surface area contributed by atoms with E-state index in [0.29, 0.717) is 13.0 Å². The summed E-state index contributed by atoms with van der Waals surface area (Å²) in [5.74, 6) is 0. The van der Waals surface area contributed by atoms with Crippen LogP contribution in [-0.2, 0) is 0 Å². The van der Waals surface area contributed by atoms with Gasteiger partial charge in [0.1, 0.15) is 6.17 Å². The highest BCUT2D eigenvalue weighted by molar-refractivity contribution is 4.97. The summed E-state index contributed by atoms with van der Waals surface area (Å²) >= 11 is 0. The van der Waals surface area contributed by atoms with Crippen molar-refractivity contribution < 1.29 is 9.50 Å². The second kappa shape index (κ2) is 3.71. The number of hydrogen-bond acceptors (Lipinski definition) is 2. The van der Waals surface area contributed by atoms with Crippen LogP contribution in [0.4, 0.5) is 4.39 Å². The van der Waals surface area contributed by atoms with Crippen molar-refractivity contribution in [3.05, 3.63) is 0 Å². The third-order valence-electron chi connectivity index (χ3n) is 2.89. The van der Waals surface area contributed by atoms with Gasteiger partial charge in [-0.3, -0.25) is 4.90 Å². The van der Waals surface area contributed by atoms with Gasteiger partial charge < -0.3 is 5.11 Å². The Morgan fingerprint density at radius 3 is 2.67 bits per heavy atom. The molecular weight excluding hydrogens is 157 g/mol. The lowest BCUT2D eigenvalue weighted by molar-refractivity contribution is 0.0750. The van der Waals surface area contributed by atoms with Crippen LogP contribution in [0.25, 0.3) is 0 Å². The van der Waals surface area contributed by atoms with Crippen LogP contribution in [0.15, 0.2) is 0 Å². The van der Waals surface area contributed by atoms with E-state index in [4.69, 9.17) is 0 Å². The van der Waals surface area contributed by atoms with Crippen molar-refractivity contribution in [1.29, 1.82) is 0 Å². The molecule has 0 bridgehead atoms. The molecule has 0 saturated carbocycles. The van der Waals surface area contributed by atoms with E-state index in [2.05, 4.69) is 6.92 Å². The van der Waals surface area contributed by atoms with Crippen LogP contribution in [0.1, 0.15) is 26.2 Å². The molecule has 1 aliphatic rings. The molecule has 2 nitrogen and oxygen atoms in total. The Labute approximate surface area is 73.4 Å². The van der Waals surface area contributed by atoms with Gasteiger partial charge in [0, 0.05) is 18.5 Å². The first kappa shape index (κ1) is 9.93. The molecule has 1 rings (SSSR count). The third-order valence-corrected chi connectivity index (χ3v) is 2.89. The largest absolute Gasteiger partial charge is 0.394 e. The minimum Gasteiger partial charge on any atom is -0.394 e. The van der Waals surface area contributed by atoms with Gasteiger partial charge in [-0.25, -0.2) is 4.39 Å². The Morgan fingerprint density at radius 1 is 1.67 bits per heavy atom. The monoisotopic (exact) mass is 175 g/mol. The van der Waals surface area contributed by atoms with Gasteiger partial charge in [-0.05, 0) is 13.5 Å². The molecule has 1 aliphatic heterocycles. The van der Waals surface area contributed by atoms with E-state index < -0.39 is 6.17 Å². The van der Waals surface area contributed by atoms with E-state index in [1.807, 2.05) is 11.9 Å². The minimum absolute atomic E-state index is 0.0811. The molecule has 72 valence electrons. The zero-order valence-corrected chi connectivity index (χ0v) is 7.89. The summed E-state index contributed by atoms with van der Waals surface area (Å²) in [5.41, 5.74) is -0.270. The first-order valence-corrected chi connectivity index (χ1v) is 4.61.